The first kappa shape index (κ1) is 12.5. The predicted octanol–water partition coefficient (Wildman–Crippen LogP) is 3.10. The summed E-state index contributed by atoms with van der Waals surface area (Å²) in [6.07, 6.45) is -4.43. The fourth-order valence-corrected chi connectivity index (χ4v) is 1.90. The van der Waals surface area contributed by atoms with Crippen molar-refractivity contribution in [3.05, 3.63) is 28.8 Å². The number of hydrogen-bond donors (Lipinski definition) is 1. The highest BCUT2D eigenvalue weighted by atomic mass is 35.5. The van der Waals surface area contributed by atoms with E-state index in [0.717, 1.165) is 6.07 Å². The molecule has 0 bridgehead atoms. The van der Waals surface area contributed by atoms with Crippen molar-refractivity contribution < 1.29 is 17.9 Å². The van der Waals surface area contributed by atoms with Crippen LogP contribution in [0.2, 0.25) is 5.02 Å². The third-order valence-electron chi connectivity index (χ3n) is 2.61. The molecule has 1 fully saturated rings. The Kier molecular flexibility index (Phi) is 2.99. The Bertz CT molecular complexity index is 429. The lowest BCUT2D eigenvalue weighted by Gasteiger charge is -2.39. The van der Waals surface area contributed by atoms with Crippen LogP contribution in [-0.4, -0.2) is 18.7 Å². The lowest BCUT2D eigenvalue weighted by Crippen LogP contribution is -2.61. The molecule has 0 spiro atoms. The number of benzene rings is 1. The Morgan fingerprint density at radius 1 is 1.35 bits per heavy atom. The van der Waals surface area contributed by atoms with Gasteiger partial charge in [-0.15, -0.1) is 0 Å². The van der Waals surface area contributed by atoms with Crippen molar-refractivity contribution in [2.45, 2.75) is 18.7 Å². The minimum atomic E-state index is -4.43. The summed E-state index contributed by atoms with van der Waals surface area (Å²) in [5.41, 5.74) is -1.20. The van der Waals surface area contributed by atoms with E-state index in [1.54, 1.807) is 0 Å². The molecule has 2 rings (SSSR count). The molecule has 1 aliphatic rings. The van der Waals surface area contributed by atoms with Crippen molar-refractivity contribution in [1.82, 2.24) is 5.32 Å². The van der Waals surface area contributed by atoms with Crippen molar-refractivity contribution >= 4 is 11.6 Å². The van der Waals surface area contributed by atoms with Gasteiger partial charge in [-0.2, -0.15) is 13.2 Å². The van der Waals surface area contributed by atoms with Crippen LogP contribution >= 0.6 is 11.6 Å². The molecule has 1 heterocycles. The van der Waals surface area contributed by atoms with E-state index < -0.39 is 11.7 Å². The smallest absolute Gasteiger partial charge is 0.417 e. The molecule has 6 heteroatoms. The average molecular weight is 266 g/mol. The Morgan fingerprint density at radius 3 is 2.41 bits per heavy atom. The zero-order valence-electron chi connectivity index (χ0n) is 9.07. The Balaban J connectivity index is 2.19. The molecule has 0 amide bonds. The van der Waals surface area contributed by atoms with E-state index in [1.165, 1.54) is 12.1 Å². The van der Waals surface area contributed by atoms with Gasteiger partial charge in [-0.05, 0) is 25.1 Å². The molecule has 0 unspecified atom stereocenters. The molecular weight excluding hydrogens is 255 g/mol. The van der Waals surface area contributed by atoms with Gasteiger partial charge in [0.25, 0.3) is 0 Å². The summed E-state index contributed by atoms with van der Waals surface area (Å²) in [6.45, 7) is 3.23. The average Bonchev–Trinajstić information content (AvgIpc) is 2.13. The van der Waals surface area contributed by atoms with Crippen molar-refractivity contribution in [3.63, 3.8) is 0 Å². The second-order valence-corrected chi connectivity index (χ2v) is 4.70. The molecule has 0 saturated carbocycles. The van der Waals surface area contributed by atoms with Gasteiger partial charge in [0.2, 0.25) is 0 Å². The SMILES string of the molecule is CC1(Oc2ccc(C(F)(F)F)c(Cl)c2)CNC1. The van der Waals surface area contributed by atoms with Crippen LogP contribution in [0.15, 0.2) is 18.2 Å². The number of hydrogen-bond acceptors (Lipinski definition) is 2. The van der Waals surface area contributed by atoms with Crippen LogP contribution in [0.1, 0.15) is 12.5 Å². The van der Waals surface area contributed by atoms with E-state index in [9.17, 15) is 13.2 Å². The van der Waals surface area contributed by atoms with Gasteiger partial charge in [-0.1, -0.05) is 11.6 Å². The third kappa shape index (κ3) is 2.66. The molecule has 1 aliphatic heterocycles. The Labute approximate surface area is 102 Å². The van der Waals surface area contributed by atoms with Crippen LogP contribution in [0.25, 0.3) is 0 Å². The molecule has 17 heavy (non-hydrogen) atoms. The third-order valence-corrected chi connectivity index (χ3v) is 2.92. The van der Waals surface area contributed by atoms with Crippen molar-refractivity contribution in [2.24, 2.45) is 0 Å². The van der Waals surface area contributed by atoms with Crippen LogP contribution in [0.3, 0.4) is 0 Å². The number of nitrogens with one attached hydrogen (secondary N) is 1. The number of ether oxygens (including phenoxy) is 1. The summed E-state index contributed by atoms with van der Waals surface area (Å²) in [7, 11) is 0. The van der Waals surface area contributed by atoms with Crippen molar-refractivity contribution in [2.75, 3.05) is 13.1 Å². The predicted molar refractivity (Wildman–Crippen MR) is 58.4 cm³/mol. The summed E-state index contributed by atoms with van der Waals surface area (Å²) in [6, 6.07) is 3.43. The summed E-state index contributed by atoms with van der Waals surface area (Å²) in [5, 5.41) is 2.69. The van der Waals surface area contributed by atoms with Gasteiger partial charge in [0.1, 0.15) is 11.4 Å². The number of alkyl halides is 3. The van der Waals surface area contributed by atoms with Gasteiger partial charge >= 0.3 is 6.18 Å². The van der Waals surface area contributed by atoms with E-state index >= 15 is 0 Å². The molecule has 2 nitrogen and oxygen atoms in total. The van der Waals surface area contributed by atoms with Gasteiger partial charge in [-0.25, -0.2) is 0 Å². The minimum absolute atomic E-state index is 0.342. The number of halogens is 4. The maximum atomic E-state index is 12.5. The van der Waals surface area contributed by atoms with Gasteiger partial charge in [0, 0.05) is 13.1 Å². The Morgan fingerprint density at radius 2 is 2.00 bits per heavy atom. The highest BCUT2D eigenvalue weighted by Gasteiger charge is 2.36. The summed E-state index contributed by atoms with van der Waals surface area (Å²) in [5.74, 6) is 0.354. The summed E-state index contributed by atoms with van der Waals surface area (Å²) < 4.78 is 43.0. The molecule has 1 aromatic carbocycles. The van der Waals surface area contributed by atoms with E-state index in [1.807, 2.05) is 6.92 Å². The first-order valence-corrected chi connectivity index (χ1v) is 5.44. The van der Waals surface area contributed by atoms with Crippen LogP contribution in [0, 0.1) is 0 Å². The molecule has 94 valence electrons. The molecule has 1 N–H and O–H groups in total. The van der Waals surface area contributed by atoms with Crippen molar-refractivity contribution in [3.8, 4) is 5.75 Å². The highest BCUT2D eigenvalue weighted by molar-refractivity contribution is 6.31. The van der Waals surface area contributed by atoms with E-state index in [4.69, 9.17) is 16.3 Å². The lowest BCUT2D eigenvalue weighted by atomic mass is 10.00. The fourth-order valence-electron chi connectivity index (χ4n) is 1.62. The van der Waals surface area contributed by atoms with Crippen molar-refractivity contribution in [1.29, 1.82) is 0 Å². The van der Waals surface area contributed by atoms with E-state index in [0.29, 0.717) is 18.8 Å². The highest BCUT2D eigenvalue weighted by Crippen LogP contribution is 2.37. The molecule has 0 aromatic heterocycles. The zero-order chi connectivity index (χ0) is 12.7. The maximum Gasteiger partial charge on any atom is 0.417 e. The number of rotatable bonds is 2. The Hall–Kier alpha value is -0.940. The van der Waals surface area contributed by atoms with Gasteiger partial charge < -0.3 is 10.1 Å². The lowest BCUT2D eigenvalue weighted by molar-refractivity contribution is -0.137. The second kappa shape index (κ2) is 4.07. The largest absolute Gasteiger partial charge is 0.485 e. The zero-order valence-corrected chi connectivity index (χ0v) is 9.82. The molecule has 1 aromatic rings. The fraction of sp³-hybridized carbons (Fsp3) is 0.455. The standard InChI is InChI=1S/C11H11ClF3NO/c1-10(5-16-6-10)17-7-2-3-8(9(12)4-7)11(13,14)15/h2-4,16H,5-6H2,1H3. The monoisotopic (exact) mass is 265 g/mol. The molecule has 1 saturated heterocycles. The van der Waals surface area contributed by atoms with E-state index in [-0.39, 0.29) is 10.6 Å². The molecule has 0 atom stereocenters. The molecular formula is C11H11ClF3NO. The maximum absolute atomic E-state index is 12.5. The summed E-state index contributed by atoms with van der Waals surface area (Å²) in [4.78, 5) is 0. The van der Waals surface area contributed by atoms with Gasteiger partial charge in [0.05, 0.1) is 10.6 Å². The van der Waals surface area contributed by atoms with Crippen LogP contribution in [0.5, 0.6) is 5.75 Å². The van der Waals surface area contributed by atoms with Crippen LogP contribution in [-0.2, 0) is 6.18 Å². The summed E-state index contributed by atoms with van der Waals surface area (Å²) >= 11 is 5.59. The minimum Gasteiger partial charge on any atom is -0.485 e. The van der Waals surface area contributed by atoms with Gasteiger partial charge in [-0.3, -0.25) is 0 Å². The molecule has 0 aliphatic carbocycles. The van der Waals surface area contributed by atoms with E-state index in [2.05, 4.69) is 5.32 Å². The van der Waals surface area contributed by atoms with Crippen LogP contribution < -0.4 is 10.1 Å². The first-order valence-electron chi connectivity index (χ1n) is 5.07. The quantitative estimate of drug-likeness (QED) is 0.887. The first-order chi connectivity index (χ1) is 7.80. The van der Waals surface area contributed by atoms with Crippen LogP contribution in [0.4, 0.5) is 13.2 Å². The second-order valence-electron chi connectivity index (χ2n) is 4.29. The normalized spacial score (nSPS) is 18.6. The molecule has 0 radical (unpaired) electrons. The topological polar surface area (TPSA) is 21.3 Å². The van der Waals surface area contributed by atoms with Gasteiger partial charge in [0.15, 0.2) is 0 Å².